The number of amides is 2. The van der Waals surface area contributed by atoms with E-state index in [0.717, 1.165) is 11.3 Å². The molecule has 1 aliphatic heterocycles. The summed E-state index contributed by atoms with van der Waals surface area (Å²) in [5.41, 5.74) is -0.179. The maximum atomic E-state index is 12.8. The van der Waals surface area contributed by atoms with Crippen LogP contribution in [0.4, 0.5) is 4.79 Å². The molecule has 1 saturated heterocycles. The van der Waals surface area contributed by atoms with Gasteiger partial charge >= 0.3 is 6.09 Å². The monoisotopic (exact) mass is 374 g/mol. The van der Waals surface area contributed by atoms with Crippen LogP contribution in [0.5, 0.6) is 5.75 Å². The van der Waals surface area contributed by atoms with Crippen molar-refractivity contribution in [2.75, 3.05) is 26.7 Å². The standard InChI is InChI=1S/C21H30N2O4/c1-20(2,3)27-19(25)22-13-14-23(21(4,5)15-22)18(24)12-11-16-9-7-8-10-17(16)26-6/h7-12H,13-15H2,1-6H3/b12-11-. The molecule has 0 atom stereocenters. The fraction of sp³-hybridized carbons (Fsp3) is 0.524. The summed E-state index contributed by atoms with van der Waals surface area (Å²) in [6.07, 6.45) is 2.98. The summed E-state index contributed by atoms with van der Waals surface area (Å²) in [7, 11) is 1.60. The third-order valence-electron chi connectivity index (χ3n) is 4.36. The minimum Gasteiger partial charge on any atom is -0.496 e. The molecule has 0 bridgehead atoms. The predicted octanol–water partition coefficient (Wildman–Crippen LogP) is 3.57. The molecule has 2 rings (SSSR count). The van der Waals surface area contributed by atoms with Crippen molar-refractivity contribution in [2.45, 2.75) is 45.8 Å². The zero-order chi connectivity index (χ0) is 20.2. The number of piperazine rings is 1. The van der Waals surface area contributed by atoms with Gasteiger partial charge < -0.3 is 19.3 Å². The molecule has 0 N–H and O–H groups in total. The van der Waals surface area contributed by atoms with Crippen LogP contribution in [-0.4, -0.2) is 59.7 Å². The summed E-state index contributed by atoms with van der Waals surface area (Å²) in [5, 5.41) is 0. The summed E-state index contributed by atoms with van der Waals surface area (Å²) in [4.78, 5) is 28.5. The van der Waals surface area contributed by atoms with E-state index in [4.69, 9.17) is 9.47 Å². The molecule has 6 heteroatoms. The fourth-order valence-corrected chi connectivity index (χ4v) is 3.10. The number of hydrogen-bond acceptors (Lipinski definition) is 4. The van der Waals surface area contributed by atoms with E-state index in [2.05, 4.69) is 0 Å². The van der Waals surface area contributed by atoms with E-state index in [9.17, 15) is 9.59 Å². The number of ether oxygens (including phenoxy) is 2. The molecular formula is C21H30N2O4. The Balaban J connectivity index is 2.06. The van der Waals surface area contributed by atoms with Crippen molar-refractivity contribution in [3.63, 3.8) is 0 Å². The highest BCUT2D eigenvalue weighted by Crippen LogP contribution is 2.24. The molecule has 1 heterocycles. The van der Waals surface area contributed by atoms with Crippen molar-refractivity contribution in [1.29, 1.82) is 0 Å². The molecule has 2 amide bonds. The number of rotatable bonds is 3. The van der Waals surface area contributed by atoms with Crippen molar-refractivity contribution < 1.29 is 19.1 Å². The minimum atomic E-state index is -0.536. The highest BCUT2D eigenvalue weighted by atomic mass is 16.6. The quantitative estimate of drug-likeness (QED) is 0.759. The third kappa shape index (κ3) is 5.49. The molecule has 1 fully saturated rings. The van der Waals surface area contributed by atoms with Gasteiger partial charge in [0.25, 0.3) is 0 Å². The van der Waals surface area contributed by atoms with Crippen LogP contribution < -0.4 is 4.74 Å². The lowest BCUT2D eigenvalue weighted by Crippen LogP contribution is -2.62. The molecule has 1 aliphatic rings. The highest BCUT2D eigenvalue weighted by molar-refractivity contribution is 5.93. The first kappa shape index (κ1) is 20.8. The third-order valence-corrected chi connectivity index (χ3v) is 4.36. The van der Waals surface area contributed by atoms with Gasteiger partial charge in [0.15, 0.2) is 0 Å². The number of carbonyl (C=O) groups is 2. The van der Waals surface area contributed by atoms with E-state index in [-0.39, 0.29) is 12.0 Å². The SMILES string of the molecule is COc1ccccc1/C=C\C(=O)N1CCN(C(=O)OC(C)(C)C)CC1(C)C. The largest absolute Gasteiger partial charge is 0.496 e. The maximum Gasteiger partial charge on any atom is 0.410 e. The molecule has 0 aromatic heterocycles. The number of nitrogens with zero attached hydrogens (tertiary/aromatic N) is 2. The summed E-state index contributed by atoms with van der Waals surface area (Å²) in [6.45, 7) is 10.8. The van der Waals surface area contributed by atoms with Gasteiger partial charge in [0.1, 0.15) is 11.4 Å². The number of hydrogen-bond donors (Lipinski definition) is 0. The first-order chi connectivity index (χ1) is 12.5. The molecule has 1 aromatic carbocycles. The highest BCUT2D eigenvalue weighted by Gasteiger charge is 2.38. The average Bonchev–Trinajstić information content (AvgIpc) is 2.57. The maximum absolute atomic E-state index is 12.8. The van der Waals surface area contributed by atoms with Gasteiger partial charge in [-0.2, -0.15) is 0 Å². The van der Waals surface area contributed by atoms with Crippen molar-refractivity contribution >= 4 is 18.1 Å². The zero-order valence-electron chi connectivity index (χ0n) is 17.1. The summed E-state index contributed by atoms with van der Waals surface area (Å²) in [5.74, 6) is 0.630. The molecule has 0 radical (unpaired) electrons. The van der Waals surface area contributed by atoms with Crippen LogP contribution in [0.15, 0.2) is 30.3 Å². The second kappa shape index (κ2) is 8.03. The number of carbonyl (C=O) groups excluding carboxylic acids is 2. The lowest BCUT2D eigenvalue weighted by molar-refractivity contribution is -0.134. The van der Waals surface area contributed by atoms with Crippen molar-refractivity contribution in [3.8, 4) is 5.75 Å². The van der Waals surface area contributed by atoms with Gasteiger partial charge in [0.05, 0.1) is 12.6 Å². The molecule has 148 valence electrons. The second-order valence-corrected chi connectivity index (χ2v) is 8.28. The van der Waals surface area contributed by atoms with Crippen LogP contribution >= 0.6 is 0 Å². The van der Waals surface area contributed by atoms with Gasteiger partial charge in [-0.05, 0) is 46.8 Å². The molecule has 6 nitrogen and oxygen atoms in total. The molecule has 0 aliphatic carbocycles. The zero-order valence-corrected chi connectivity index (χ0v) is 17.1. The molecular weight excluding hydrogens is 344 g/mol. The van der Waals surface area contributed by atoms with E-state index >= 15 is 0 Å². The van der Waals surface area contributed by atoms with Gasteiger partial charge in [0, 0.05) is 31.3 Å². The van der Waals surface area contributed by atoms with Gasteiger partial charge in [-0.25, -0.2) is 4.79 Å². The van der Waals surface area contributed by atoms with Crippen LogP contribution in [0.2, 0.25) is 0 Å². The van der Waals surface area contributed by atoms with E-state index in [1.807, 2.05) is 58.9 Å². The van der Waals surface area contributed by atoms with Gasteiger partial charge in [-0.1, -0.05) is 18.2 Å². The van der Waals surface area contributed by atoms with Crippen LogP contribution in [0.25, 0.3) is 6.08 Å². The van der Waals surface area contributed by atoms with E-state index in [0.29, 0.717) is 19.6 Å². The lowest BCUT2D eigenvalue weighted by atomic mass is 9.98. The smallest absolute Gasteiger partial charge is 0.410 e. The Morgan fingerprint density at radius 1 is 1.15 bits per heavy atom. The van der Waals surface area contributed by atoms with Crippen molar-refractivity contribution in [3.05, 3.63) is 35.9 Å². The van der Waals surface area contributed by atoms with Crippen molar-refractivity contribution in [2.24, 2.45) is 0 Å². The Labute approximate surface area is 161 Å². The first-order valence-corrected chi connectivity index (χ1v) is 9.14. The number of para-hydroxylation sites is 1. The Kier molecular flexibility index (Phi) is 6.19. The van der Waals surface area contributed by atoms with Gasteiger partial charge in [-0.3, -0.25) is 4.79 Å². The van der Waals surface area contributed by atoms with Crippen LogP contribution in [0.3, 0.4) is 0 Å². The molecule has 0 saturated carbocycles. The minimum absolute atomic E-state index is 0.0882. The molecule has 27 heavy (non-hydrogen) atoms. The number of benzene rings is 1. The normalized spacial score (nSPS) is 17.1. The second-order valence-electron chi connectivity index (χ2n) is 8.28. The first-order valence-electron chi connectivity index (χ1n) is 9.14. The summed E-state index contributed by atoms with van der Waals surface area (Å²) in [6, 6.07) is 7.54. The lowest BCUT2D eigenvalue weighted by Gasteiger charge is -2.46. The summed E-state index contributed by atoms with van der Waals surface area (Å²) < 4.78 is 10.8. The van der Waals surface area contributed by atoms with E-state index in [1.54, 1.807) is 29.1 Å². The van der Waals surface area contributed by atoms with E-state index < -0.39 is 11.1 Å². The average molecular weight is 374 g/mol. The number of methoxy groups -OCH3 is 1. The van der Waals surface area contributed by atoms with Gasteiger partial charge in [0.2, 0.25) is 5.91 Å². The Bertz CT molecular complexity index is 719. The van der Waals surface area contributed by atoms with Gasteiger partial charge in [-0.15, -0.1) is 0 Å². The van der Waals surface area contributed by atoms with E-state index in [1.165, 1.54) is 0 Å². The topological polar surface area (TPSA) is 59.1 Å². The van der Waals surface area contributed by atoms with Crippen LogP contribution in [-0.2, 0) is 9.53 Å². The Morgan fingerprint density at radius 3 is 2.41 bits per heavy atom. The van der Waals surface area contributed by atoms with Crippen LogP contribution in [0.1, 0.15) is 40.2 Å². The molecule has 0 spiro atoms. The Hall–Kier alpha value is -2.50. The van der Waals surface area contributed by atoms with Crippen molar-refractivity contribution in [1.82, 2.24) is 9.80 Å². The summed E-state index contributed by atoms with van der Waals surface area (Å²) >= 11 is 0. The molecule has 1 aromatic rings. The molecule has 0 unspecified atom stereocenters. The predicted molar refractivity (Wildman–Crippen MR) is 106 cm³/mol. The fourth-order valence-electron chi connectivity index (χ4n) is 3.10. The van der Waals surface area contributed by atoms with Crippen LogP contribution in [0, 0.1) is 0 Å². The Morgan fingerprint density at radius 2 is 1.81 bits per heavy atom.